The van der Waals surface area contributed by atoms with Crippen LogP contribution in [0.1, 0.15) is 34.1 Å². The van der Waals surface area contributed by atoms with Crippen molar-refractivity contribution in [1.29, 1.82) is 0 Å². The number of hydrogen-bond acceptors (Lipinski definition) is 2. The summed E-state index contributed by atoms with van der Waals surface area (Å²) in [7, 11) is 0. The summed E-state index contributed by atoms with van der Waals surface area (Å²) in [6, 6.07) is 0.0673. The number of rotatable bonds is 5. The van der Waals surface area contributed by atoms with Crippen molar-refractivity contribution in [3.8, 4) is 0 Å². The molecule has 0 aromatic carbocycles. The average Bonchev–Trinajstić information content (AvgIpc) is 2.00. The fourth-order valence-corrected chi connectivity index (χ4v) is 1.11. The monoisotopic (exact) mass is 201 g/mol. The van der Waals surface area contributed by atoms with Crippen LogP contribution in [-0.4, -0.2) is 25.2 Å². The fraction of sp³-hybridized carbons (Fsp3) is 0.900. The molecule has 0 aromatic heterocycles. The third-order valence-corrected chi connectivity index (χ3v) is 1.97. The SMILES string of the molecule is CC(C)NC(=O)NCC(C)(C)CCN. The third-order valence-electron chi connectivity index (χ3n) is 1.97. The summed E-state index contributed by atoms with van der Waals surface area (Å²) in [5.74, 6) is 0. The molecule has 0 fully saturated rings. The van der Waals surface area contributed by atoms with E-state index in [1.165, 1.54) is 0 Å². The highest BCUT2D eigenvalue weighted by molar-refractivity contribution is 5.74. The van der Waals surface area contributed by atoms with E-state index >= 15 is 0 Å². The van der Waals surface area contributed by atoms with E-state index in [9.17, 15) is 4.79 Å². The van der Waals surface area contributed by atoms with E-state index in [-0.39, 0.29) is 17.5 Å². The lowest BCUT2D eigenvalue weighted by Gasteiger charge is -2.24. The van der Waals surface area contributed by atoms with Crippen LogP contribution in [0.15, 0.2) is 0 Å². The minimum absolute atomic E-state index is 0.0725. The smallest absolute Gasteiger partial charge is 0.315 e. The van der Waals surface area contributed by atoms with Crippen LogP contribution < -0.4 is 16.4 Å². The fourth-order valence-electron chi connectivity index (χ4n) is 1.11. The number of carbonyl (C=O) groups is 1. The van der Waals surface area contributed by atoms with Crippen molar-refractivity contribution in [1.82, 2.24) is 10.6 Å². The number of nitrogens with two attached hydrogens (primary N) is 1. The van der Waals surface area contributed by atoms with E-state index in [4.69, 9.17) is 5.73 Å². The molecule has 0 saturated carbocycles. The van der Waals surface area contributed by atoms with Gasteiger partial charge < -0.3 is 16.4 Å². The van der Waals surface area contributed by atoms with Gasteiger partial charge in [-0.1, -0.05) is 13.8 Å². The van der Waals surface area contributed by atoms with Gasteiger partial charge in [0.1, 0.15) is 0 Å². The molecule has 0 aliphatic carbocycles. The van der Waals surface area contributed by atoms with Crippen LogP contribution in [0.5, 0.6) is 0 Å². The first-order valence-electron chi connectivity index (χ1n) is 5.12. The topological polar surface area (TPSA) is 67.2 Å². The summed E-state index contributed by atoms with van der Waals surface area (Å²) in [4.78, 5) is 11.3. The zero-order valence-electron chi connectivity index (χ0n) is 9.68. The second kappa shape index (κ2) is 5.86. The first-order valence-corrected chi connectivity index (χ1v) is 5.12. The molecule has 4 nitrogen and oxygen atoms in total. The van der Waals surface area contributed by atoms with Gasteiger partial charge in [0.05, 0.1) is 0 Å². The highest BCUT2D eigenvalue weighted by Crippen LogP contribution is 2.17. The molecule has 14 heavy (non-hydrogen) atoms. The number of amides is 2. The van der Waals surface area contributed by atoms with E-state index in [0.29, 0.717) is 13.1 Å². The Bertz CT molecular complexity index is 178. The summed E-state index contributed by atoms with van der Waals surface area (Å²) in [5, 5.41) is 5.61. The molecule has 4 N–H and O–H groups in total. The van der Waals surface area contributed by atoms with Gasteiger partial charge >= 0.3 is 6.03 Å². The summed E-state index contributed by atoms with van der Waals surface area (Å²) >= 11 is 0. The minimum atomic E-state index is -0.106. The van der Waals surface area contributed by atoms with Gasteiger partial charge in [-0.2, -0.15) is 0 Å². The van der Waals surface area contributed by atoms with Gasteiger partial charge in [0.15, 0.2) is 0 Å². The number of hydrogen-bond donors (Lipinski definition) is 3. The molecular formula is C10H23N3O. The lowest BCUT2D eigenvalue weighted by molar-refractivity contribution is 0.230. The molecule has 0 radical (unpaired) electrons. The Morgan fingerprint density at radius 1 is 1.43 bits per heavy atom. The molecule has 84 valence electrons. The molecule has 0 bridgehead atoms. The van der Waals surface area contributed by atoms with Crippen LogP contribution in [-0.2, 0) is 0 Å². The zero-order chi connectivity index (χ0) is 11.2. The van der Waals surface area contributed by atoms with Gasteiger partial charge in [-0.15, -0.1) is 0 Å². The van der Waals surface area contributed by atoms with Crippen molar-refractivity contribution in [2.45, 2.75) is 40.2 Å². The second-order valence-corrected chi connectivity index (χ2v) is 4.68. The molecule has 0 rings (SSSR count). The van der Waals surface area contributed by atoms with Crippen LogP contribution >= 0.6 is 0 Å². The maximum atomic E-state index is 11.3. The molecule has 0 aliphatic rings. The Morgan fingerprint density at radius 2 is 2.00 bits per heavy atom. The molecule has 0 aliphatic heterocycles. The second-order valence-electron chi connectivity index (χ2n) is 4.68. The number of carbonyl (C=O) groups excluding carboxylic acids is 1. The van der Waals surface area contributed by atoms with E-state index in [2.05, 4.69) is 24.5 Å². The summed E-state index contributed by atoms with van der Waals surface area (Å²) in [6.45, 7) is 9.36. The number of urea groups is 1. The first kappa shape index (κ1) is 13.2. The van der Waals surface area contributed by atoms with E-state index < -0.39 is 0 Å². The third kappa shape index (κ3) is 6.71. The maximum absolute atomic E-state index is 11.3. The standard InChI is InChI=1S/C10H23N3O/c1-8(2)13-9(14)12-7-10(3,4)5-6-11/h8H,5-7,11H2,1-4H3,(H2,12,13,14). The van der Waals surface area contributed by atoms with Crippen LogP contribution in [0, 0.1) is 5.41 Å². The van der Waals surface area contributed by atoms with E-state index in [0.717, 1.165) is 6.42 Å². The van der Waals surface area contributed by atoms with Crippen LogP contribution in [0.25, 0.3) is 0 Å². The van der Waals surface area contributed by atoms with Gasteiger partial charge in [0, 0.05) is 12.6 Å². The van der Waals surface area contributed by atoms with Gasteiger partial charge in [0.2, 0.25) is 0 Å². The molecule has 0 saturated heterocycles. The van der Waals surface area contributed by atoms with Crippen molar-refractivity contribution < 1.29 is 4.79 Å². The molecule has 0 spiro atoms. The van der Waals surface area contributed by atoms with E-state index in [1.807, 2.05) is 13.8 Å². The maximum Gasteiger partial charge on any atom is 0.315 e. The zero-order valence-corrected chi connectivity index (χ0v) is 9.68. The average molecular weight is 201 g/mol. The Balaban J connectivity index is 3.75. The van der Waals surface area contributed by atoms with E-state index in [1.54, 1.807) is 0 Å². The normalized spacial score (nSPS) is 11.6. The highest BCUT2D eigenvalue weighted by atomic mass is 16.2. The molecular weight excluding hydrogens is 178 g/mol. The molecule has 0 unspecified atom stereocenters. The van der Waals surface area contributed by atoms with Crippen molar-refractivity contribution in [3.63, 3.8) is 0 Å². The van der Waals surface area contributed by atoms with Gasteiger partial charge in [-0.3, -0.25) is 0 Å². The van der Waals surface area contributed by atoms with Crippen molar-refractivity contribution >= 4 is 6.03 Å². The van der Waals surface area contributed by atoms with Crippen molar-refractivity contribution in [2.24, 2.45) is 11.1 Å². The predicted octanol–water partition coefficient (Wildman–Crippen LogP) is 1.07. The van der Waals surface area contributed by atoms with Gasteiger partial charge in [-0.25, -0.2) is 4.79 Å². The minimum Gasteiger partial charge on any atom is -0.338 e. The molecule has 4 heteroatoms. The van der Waals surface area contributed by atoms with Crippen LogP contribution in [0.2, 0.25) is 0 Å². The Hall–Kier alpha value is -0.770. The molecule has 0 atom stereocenters. The molecule has 2 amide bonds. The summed E-state index contributed by atoms with van der Waals surface area (Å²) in [5.41, 5.74) is 5.55. The molecule has 0 aromatic rings. The largest absolute Gasteiger partial charge is 0.338 e. The Labute approximate surface area is 86.6 Å². The van der Waals surface area contributed by atoms with Gasteiger partial charge in [0.25, 0.3) is 0 Å². The number of nitrogens with one attached hydrogen (secondary N) is 2. The molecule has 0 heterocycles. The lowest BCUT2D eigenvalue weighted by atomic mass is 9.89. The van der Waals surface area contributed by atoms with Gasteiger partial charge in [-0.05, 0) is 32.2 Å². The predicted molar refractivity (Wildman–Crippen MR) is 59.1 cm³/mol. The highest BCUT2D eigenvalue weighted by Gasteiger charge is 2.17. The van der Waals surface area contributed by atoms with Crippen LogP contribution in [0.4, 0.5) is 4.79 Å². The van der Waals surface area contributed by atoms with Crippen molar-refractivity contribution in [2.75, 3.05) is 13.1 Å². The first-order chi connectivity index (χ1) is 6.37. The summed E-state index contributed by atoms with van der Waals surface area (Å²) < 4.78 is 0. The quantitative estimate of drug-likeness (QED) is 0.623. The van der Waals surface area contributed by atoms with Crippen LogP contribution in [0.3, 0.4) is 0 Å². The lowest BCUT2D eigenvalue weighted by Crippen LogP contribution is -2.43. The van der Waals surface area contributed by atoms with Crippen molar-refractivity contribution in [3.05, 3.63) is 0 Å². The summed E-state index contributed by atoms with van der Waals surface area (Å²) in [6.07, 6.45) is 0.912. The Morgan fingerprint density at radius 3 is 2.43 bits per heavy atom. The Kier molecular flexibility index (Phi) is 5.53.